The number of pyridine rings is 1. The molecule has 1 saturated heterocycles. The first-order valence-electron chi connectivity index (χ1n) is 9.10. The normalized spacial score (nSPS) is 22.7. The molecule has 3 rings (SSSR count). The zero-order chi connectivity index (χ0) is 16.3. The lowest BCUT2D eigenvalue weighted by Gasteiger charge is -2.43. The summed E-state index contributed by atoms with van der Waals surface area (Å²) in [4.78, 5) is 20.0. The predicted molar refractivity (Wildman–Crippen MR) is 92.2 cm³/mol. The first-order chi connectivity index (χ1) is 11.1. The molecule has 1 amide bonds. The number of aromatic nitrogens is 1. The minimum atomic E-state index is -0.263. The van der Waals surface area contributed by atoms with Crippen LogP contribution >= 0.6 is 0 Å². The second kappa shape index (κ2) is 7.00. The third kappa shape index (κ3) is 3.42. The maximum atomic E-state index is 13.2. The molecule has 0 bridgehead atoms. The lowest BCUT2D eigenvalue weighted by atomic mass is 9.79. The van der Waals surface area contributed by atoms with Gasteiger partial charge in [-0.1, -0.05) is 25.3 Å². The van der Waals surface area contributed by atoms with Crippen molar-refractivity contribution in [3.8, 4) is 0 Å². The van der Waals surface area contributed by atoms with Crippen molar-refractivity contribution in [1.82, 2.24) is 15.2 Å². The molecule has 1 atom stereocenters. The molecule has 1 aliphatic heterocycles. The minimum absolute atomic E-state index is 0.0111. The summed E-state index contributed by atoms with van der Waals surface area (Å²) in [5.74, 6) is 0.229. The van der Waals surface area contributed by atoms with Crippen LogP contribution < -0.4 is 5.32 Å². The van der Waals surface area contributed by atoms with Crippen molar-refractivity contribution in [2.45, 2.75) is 70.4 Å². The number of amides is 1. The Bertz CT molecular complexity index is 528. The van der Waals surface area contributed by atoms with Gasteiger partial charge in [0, 0.05) is 11.9 Å². The smallest absolute Gasteiger partial charge is 0.240 e. The molecule has 0 aromatic carbocycles. The van der Waals surface area contributed by atoms with Crippen molar-refractivity contribution >= 4 is 5.91 Å². The topological polar surface area (TPSA) is 45.2 Å². The summed E-state index contributed by atoms with van der Waals surface area (Å²) in [6, 6.07) is 4.09. The molecule has 1 aromatic rings. The molecule has 4 heteroatoms. The van der Waals surface area contributed by atoms with Gasteiger partial charge < -0.3 is 5.32 Å². The van der Waals surface area contributed by atoms with E-state index in [1.54, 1.807) is 0 Å². The molecule has 1 aromatic heterocycles. The van der Waals surface area contributed by atoms with Gasteiger partial charge in [-0.3, -0.25) is 14.7 Å². The quantitative estimate of drug-likeness (QED) is 0.926. The van der Waals surface area contributed by atoms with Gasteiger partial charge in [-0.2, -0.15) is 0 Å². The van der Waals surface area contributed by atoms with Gasteiger partial charge in [-0.25, -0.2) is 0 Å². The van der Waals surface area contributed by atoms with Gasteiger partial charge in [-0.15, -0.1) is 0 Å². The van der Waals surface area contributed by atoms with Gasteiger partial charge >= 0.3 is 0 Å². The zero-order valence-electron chi connectivity index (χ0n) is 14.5. The van der Waals surface area contributed by atoms with E-state index >= 15 is 0 Å². The standard InChI is InChI=1S/C19H29N3O/c1-15-8-9-17(14-20-15)16(2)21-18(23)19(10-4-3-5-11-19)22-12-6-7-13-22/h8-9,14,16H,3-7,10-13H2,1-2H3,(H,21,23). The number of carbonyl (C=O) groups is 1. The zero-order valence-corrected chi connectivity index (χ0v) is 14.5. The molecule has 2 aliphatic rings. The second-order valence-electron chi connectivity index (χ2n) is 7.21. The number of aryl methyl sites for hydroxylation is 1. The number of likely N-dealkylation sites (tertiary alicyclic amines) is 1. The Morgan fingerprint density at radius 3 is 2.48 bits per heavy atom. The molecule has 0 radical (unpaired) electrons. The number of hydrogen-bond donors (Lipinski definition) is 1. The Morgan fingerprint density at radius 1 is 1.17 bits per heavy atom. The van der Waals surface area contributed by atoms with Crippen LogP contribution in [0.3, 0.4) is 0 Å². The Balaban J connectivity index is 1.74. The molecule has 2 heterocycles. The molecule has 1 aliphatic carbocycles. The van der Waals surface area contributed by atoms with E-state index in [9.17, 15) is 4.79 Å². The molecular weight excluding hydrogens is 286 g/mol. The van der Waals surface area contributed by atoms with E-state index < -0.39 is 0 Å². The SMILES string of the molecule is Cc1ccc(C(C)NC(=O)C2(N3CCCC3)CCCCC2)cn1. The van der Waals surface area contributed by atoms with Gasteiger partial charge in [0.2, 0.25) is 5.91 Å². The lowest BCUT2D eigenvalue weighted by Crippen LogP contribution is -2.59. The van der Waals surface area contributed by atoms with Crippen LogP contribution in [0.25, 0.3) is 0 Å². The van der Waals surface area contributed by atoms with E-state index in [-0.39, 0.29) is 17.5 Å². The predicted octanol–water partition coefficient (Wildman–Crippen LogP) is 3.37. The Kier molecular flexibility index (Phi) is 5.00. The number of nitrogens with zero attached hydrogens (tertiary/aromatic N) is 2. The highest BCUT2D eigenvalue weighted by atomic mass is 16.2. The Labute approximate surface area is 139 Å². The van der Waals surface area contributed by atoms with Crippen LogP contribution in [0.5, 0.6) is 0 Å². The highest BCUT2D eigenvalue weighted by molar-refractivity contribution is 5.86. The van der Waals surface area contributed by atoms with E-state index in [1.807, 2.05) is 19.2 Å². The molecule has 2 fully saturated rings. The van der Waals surface area contributed by atoms with Crippen LogP contribution in [0.4, 0.5) is 0 Å². The number of carbonyl (C=O) groups excluding carboxylic acids is 1. The van der Waals surface area contributed by atoms with Gasteiger partial charge in [0.25, 0.3) is 0 Å². The molecule has 23 heavy (non-hydrogen) atoms. The highest BCUT2D eigenvalue weighted by Crippen LogP contribution is 2.36. The molecule has 1 unspecified atom stereocenters. The van der Waals surface area contributed by atoms with Gasteiger partial charge in [0.05, 0.1) is 6.04 Å². The molecule has 4 nitrogen and oxygen atoms in total. The molecule has 1 N–H and O–H groups in total. The van der Waals surface area contributed by atoms with E-state index in [2.05, 4.69) is 28.2 Å². The van der Waals surface area contributed by atoms with Crippen LogP contribution in [0.1, 0.15) is 69.2 Å². The van der Waals surface area contributed by atoms with E-state index in [0.717, 1.165) is 37.2 Å². The fourth-order valence-corrected chi connectivity index (χ4v) is 4.12. The maximum Gasteiger partial charge on any atom is 0.240 e. The Hall–Kier alpha value is -1.42. The van der Waals surface area contributed by atoms with Crippen molar-refractivity contribution in [1.29, 1.82) is 0 Å². The number of rotatable bonds is 4. The second-order valence-corrected chi connectivity index (χ2v) is 7.21. The van der Waals surface area contributed by atoms with Crippen molar-refractivity contribution < 1.29 is 4.79 Å². The van der Waals surface area contributed by atoms with Crippen molar-refractivity contribution in [2.75, 3.05) is 13.1 Å². The average molecular weight is 315 g/mol. The third-order valence-electron chi connectivity index (χ3n) is 5.60. The monoisotopic (exact) mass is 315 g/mol. The van der Waals surface area contributed by atoms with Crippen molar-refractivity contribution in [3.63, 3.8) is 0 Å². The van der Waals surface area contributed by atoms with Crippen molar-refractivity contribution in [2.24, 2.45) is 0 Å². The molecule has 126 valence electrons. The van der Waals surface area contributed by atoms with Crippen LogP contribution in [0.15, 0.2) is 18.3 Å². The molecule has 0 spiro atoms. The first kappa shape index (κ1) is 16.4. The molecular formula is C19H29N3O. The van der Waals surface area contributed by atoms with Crippen LogP contribution in [-0.4, -0.2) is 34.4 Å². The van der Waals surface area contributed by atoms with Gasteiger partial charge in [0.15, 0.2) is 0 Å². The summed E-state index contributed by atoms with van der Waals surface area (Å²) in [5.41, 5.74) is 1.82. The van der Waals surface area contributed by atoms with Gasteiger partial charge in [0.1, 0.15) is 5.54 Å². The number of hydrogen-bond acceptors (Lipinski definition) is 3. The summed E-state index contributed by atoms with van der Waals surface area (Å²) in [6.07, 6.45) is 9.97. The number of nitrogens with one attached hydrogen (secondary N) is 1. The summed E-state index contributed by atoms with van der Waals surface area (Å²) in [6.45, 7) is 6.20. The highest BCUT2D eigenvalue weighted by Gasteiger charge is 2.45. The van der Waals surface area contributed by atoms with Crippen molar-refractivity contribution in [3.05, 3.63) is 29.6 Å². The fourth-order valence-electron chi connectivity index (χ4n) is 4.12. The van der Waals surface area contributed by atoms with E-state index in [1.165, 1.54) is 32.1 Å². The van der Waals surface area contributed by atoms with Crippen LogP contribution in [0, 0.1) is 6.92 Å². The van der Waals surface area contributed by atoms with Gasteiger partial charge in [-0.05, 0) is 64.3 Å². The largest absolute Gasteiger partial charge is 0.348 e. The molecule has 1 saturated carbocycles. The van der Waals surface area contributed by atoms with E-state index in [0.29, 0.717) is 0 Å². The average Bonchev–Trinajstić information content (AvgIpc) is 3.11. The van der Waals surface area contributed by atoms with Crippen LogP contribution in [0.2, 0.25) is 0 Å². The van der Waals surface area contributed by atoms with E-state index in [4.69, 9.17) is 0 Å². The summed E-state index contributed by atoms with van der Waals surface area (Å²) in [5, 5.41) is 3.28. The summed E-state index contributed by atoms with van der Waals surface area (Å²) >= 11 is 0. The fraction of sp³-hybridized carbons (Fsp3) is 0.684. The first-order valence-corrected chi connectivity index (χ1v) is 9.10. The minimum Gasteiger partial charge on any atom is -0.348 e. The Morgan fingerprint density at radius 2 is 1.87 bits per heavy atom. The third-order valence-corrected chi connectivity index (χ3v) is 5.60. The summed E-state index contributed by atoms with van der Waals surface area (Å²) in [7, 11) is 0. The lowest BCUT2D eigenvalue weighted by molar-refractivity contribution is -0.136. The summed E-state index contributed by atoms with van der Waals surface area (Å²) < 4.78 is 0. The van der Waals surface area contributed by atoms with Crippen LogP contribution in [-0.2, 0) is 4.79 Å². The maximum absolute atomic E-state index is 13.2.